The summed E-state index contributed by atoms with van der Waals surface area (Å²) in [6.45, 7) is 7.10. The van der Waals surface area contributed by atoms with Crippen LogP contribution in [-0.2, 0) is 20.9 Å². The number of aryl methyl sites for hydroxylation is 3. The molecule has 7 nitrogen and oxygen atoms in total. The summed E-state index contributed by atoms with van der Waals surface area (Å²) in [7, 11) is 0. The zero-order valence-corrected chi connectivity index (χ0v) is 33.0. The molecule has 3 N–H and O–H groups in total. The number of phenols is 1. The fourth-order valence-electron chi connectivity index (χ4n) is 6.67. The van der Waals surface area contributed by atoms with Gasteiger partial charge in [-0.15, -0.1) is 22.7 Å². The Balaban J connectivity index is 0.000000172. The molecule has 8 rings (SSSR count). The third kappa shape index (κ3) is 6.12. The van der Waals surface area contributed by atoms with Gasteiger partial charge in [0.25, 0.3) is 23.2 Å². The zero-order chi connectivity index (χ0) is 40.4. The van der Waals surface area contributed by atoms with Gasteiger partial charge in [0.1, 0.15) is 30.2 Å². The largest absolute Gasteiger partial charge is 0.507 e. The molecule has 2 unspecified atom stereocenters. The van der Waals surface area contributed by atoms with Crippen molar-refractivity contribution in [1.82, 2.24) is 0 Å². The first-order chi connectivity index (χ1) is 26.5. The Morgan fingerprint density at radius 3 is 1.77 bits per heavy atom. The second-order valence-electron chi connectivity index (χ2n) is 13.4. The van der Waals surface area contributed by atoms with Crippen LogP contribution in [0, 0.1) is 33.5 Å². The van der Waals surface area contributed by atoms with E-state index in [0.29, 0.717) is 9.90 Å². The van der Waals surface area contributed by atoms with Gasteiger partial charge in [-0.25, -0.2) is 13.2 Å². The maximum absolute atomic E-state index is 16.0. The average molecular weight is 834 g/mol. The normalized spacial score (nSPS) is 18.7. The SMILES string of the molecule is Cc1c(F)ccc(-c2c(Cl)sc3c2C(=O)C(F)(c2ccccc2)C(=O)N3)c1O.Cc1cccc(C2(F)C(=O)Nc3sc(Cl)c(-c4ccc(C)c(C)c4)c3C2=O)c1. The van der Waals surface area contributed by atoms with Gasteiger partial charge in [-0.05, 0) is 56.5 Å². The van der Waals surface area contributed by atoms with Gasteiger partial charge in [0, 0.05) is 33.4 Å². The number of Topliss-reactive ketones (excluding diaryl/α,β-unsaturated/α-hetero) is 2. The molecule has 4 heterocycles. The van der Waals surface area contributed by atoms with Gasteiger partial charge in [-0.2, -0.15) is 0 Å². The smallest absolute Gasteiger partial charge is 0.276 e. The van der Waals surface area contributed by atoms with Gasteiger partial charge in [0.05, 0.1) is 11.1 Å². The lowest BCUT2D eigenvalue weighted by atomic mass is 9.82. The van der Waals surface area contributed by atoms with E-state index in [0.717, 1.165) is 51.0 Å². The summed E-state index contributed by atoms with van der Waals surface area (Å²) in [5.41, 5.74) is -1.66. The number of phenolic OH excluding ortho intramolecular Hbond substituents is 1. The number of aromatic hydroxyl groups is 1. The number of anilines is 2. The highest BCUT2D eigenvalue weighted by Gasteiger charge is 2.55. The van der Waals surface area contributed by atoms with Gasteiger partial charge in [0.15, 0.2) is 0 Å². The highest BCUT2D eigenvalue weighted by atomic mass is 35.5. The summed E-state index contributed by atoms with van der Waals surface area (Å²) >= 11 is 14.7. The Morgan fingerprint density at radius 1 is 0.625 bits per heavy atom. The van der Waals surface area contributed by atoms with Crippen LogP contribution in [0.4, 0.5) is 23.2 Å². The Morgan fingerprint density at radius 2 is 1.18 bits per heavy atom. The summed E-state index contributed by atoms with van der Waals surface area (Å²) in [5, 5.41) is 15.7. The van der Waals surface area contributed by atoms with Crippen molar-refractivity contribution in [3.63, 3.8) is 0 Å². The third-order valence-corrected chi connectivity index (χ3v) is 12.5. The molecule has 2 aliphatic heterocycles. The van der Waals surface area contributed by atoms with Crippen molar-refractivity contribution in [2.75, 3.05) is 10.6 Å². The van der Waals surface area contributed by atoms with Crippen molar-refractivity contribution in [3.8, 4) is 28.0 Å². The molecule has 0 aliphatic carbocycles. The number of halogens is 5. The number of nitrogens with one attached hydrogen (secondary N) is 2. The molecule has 4 aromatic carbocycles. The predicted molar refractivity (Wildman–Crippen MR) is 214 cm³/mol. The Labute approximate surface area is 336 Å². The van der Waals surface area contributed by atoms with E-state index in [9.17, 15) is 28.7 Å². The van der Waals surface area contributed by atoms with Crippen molar-refractivity contribution in [1.29, 1.82) is 0 Å². The van der Waals surface area contributed by atoms with E-state index in [1.54, 1.807) is 25.1 Å². The number of hydrogen-bond donors (Lipinski definition) is 3. The molecule has 6 aromatic rings. The number of carbonyl (C=O) groups excluding carboxylic acids is 4. The van der Waals surface area contributed by atoms with Crippen molar-refractivity contribution < 1.29 is 37.5 Å². The number of ketones is 2. The van der Waals surface area contributed by atoms with Gasteiger partial charge in [-0.3, -0.25) is 19.2 Å². The van der Waals surface area contributed by atoms with E-state index >= 15 is 8.78 Å². The lowest BCUT2D eigenvalue weighted by Gasteiger charge is -2.28. The van der Waals surface area contributed by atoms with Crippen LogP contribution in [0.15, 0.2) is 84.9 Å². The fourth-order valence-corrected chi connectivity index (χ4v) is 9.41. The lowest BCUT2D eigenvalue weighted by molar-refractivity contribution is -0.126. The molecule has 2 aromatic heterocycles. The van der Waals surface area contributed by atoms with Gasteiger partial charge < -0.3 is 15.7 Å². The number of amides is 2. The lowest BCUT2D eigenvalue weighted by Crippen LogP contribution is -2.47. The van der Waals surface area contributed by atoms with Gasteiger partial charge in [0.2, 0.25) is 11.6 Å². The summed E-state index contributed by atoms with van der Waals surface area (Å²) in [6.07, 6.45) is 0. The van der Waals surface area contributed by atoms with Gasteiger partial charge >= 0.3 is 0 Å². The summed E-state index contributed by atoms with van der Waals surface area (Å²) in [5.74, 6) is -5.10. The molecular formula is C42H29Cl2F3N2O5S2. The molecule has 284 valence electrons. The summed E-state index contributed by atoms with van der Waals surface area (Å²) in [6, 6.07) is 21.8. The van der Waals surface area contributed by atoms with E-state index in [2.05, 4.69) is 10.6 Å². The first-order valence-corrected chi connectivity index (χ1v) is 19.3. The number of rotatable bonds is 4. The molecule has 2 amide bonds. The van der Waals surface area contributed by atoms with Crippen molar-refractivity contribution in [3.05, 3.63) is 144 Å². The Hall–Kier alpha value is -5.27. The highest BCUT2D eigenvalue weighted by molar-refractivity contribution is 7.21. The maximum atomic E-state index is 16.0. The van der Waals surface area contributed by atoms with Crippen molar-refractivity contribution >= 4 is 79.3 Å². The van der Waals surface area contributed by atoms with Crippen LogP contribution in [0.3, 0.4) is 0 Å². The molecule has 0 bridgehead atoms. The number of thiophene rings is 2. The van der Waals surface area contributed by atoms with E-state index in [1.165, 1.54) is 49.4 Å². The van der Waals surface area contributed by atoms with Crippen LogP contribution >= 0.6 is 45.9 Å². The first kappa shape index (κ1) is 39.0. The molecule has 0 saturated carbocycles. The molecular weight excluding hydrogens is 805 g/mol. The molecule has 14 heteroatoms. The zero-order valence-electron chi connectivity index (χ0n) is 29.9. The number of hydrogen-bond acceptors (Lipinski definition) is 7. The number of carbonyl (C=O) groups is 4. The molecule has 56 heavy (non-hydrogen) atoms. The maximum Gasteiger partial charge on any atom is 0.276 e. The Bertz CT molecular complexity index is 2660. The van der Waals surface area contributed by atoms with Crippen LogP contribution in [0.2, 0.25) is 8.67 Å². The quantitative estimate of drug-likeness (QED) is 0.153. The second kappa shape index (κ2) is 14.3. The van der Waals surface area contributed by atoms with Crippen LogP contribution in [-0.4, -0.2) is 28.5 Å². The van der Waals surface area contributed by atoms with Crippen molar-refractivity contribution in [2.45, 2.75) is 39.0 Å². The van der Waals surface area contributed by atoms with Crippen LogP contribution < -0.4 is 10.6 Å². The molecule has 0 radical (unpaired) electrons. The van der Waals surface area contributed by atoms with Gasteiger partial charge in [-0.1, -0.05) is 102 Å². The Kier molecular flexibility index (Phi) is 9.99. The summed E-state index contributed by atoms with van der Waals surface area (Å²) < 4.78 is 45.9. The minimum Gasteiger partial charge on any atom is -0.507 e. The van der Waals surface area contributed by atoms with E-state index in [1.807, 2.05) is 32.0 Å². The van der Waals surface area contributed by atoms with E-state index < -0.39 is 46.3 Å². The molecule has 2 aliphatic rings. The number of benzene rings is 4. The molecule has 0 saturated heterocycles. The fraction of sp³-hybridized carbons (Fsp3) is 0.143. The molecule has 0 spiro atoms. The minimum absolute atomic E-state index is 0.0222. The average Bonchev–Trinajstić information content (AvgIpc) is 3.68. The first-order valence-electron chi connectivity index (χ1n) is 16.9. The number of fused-ring (bicyclic) bond motifs is 2. The summed E-state index contributed by atoms with van der Waals surface area (Å²) in [4.78, 5) is 51.6. The molecule has 0 fully saturated rings. The standard InChI is InChI=1S/C22H17ClFNO2S.C20H12ClF2NO3S/c1-11-5-4-6-15(9-11)22(24)18(26)17-16(14-8-7-12(2)13(3)10-14)19(23)28-20(17)25-21(22)27;1-9-12(22)8-7-11(15(9)25)13-14-16(26)20(23,10-5-3-2-4-6-10)19(27)24-18(14)28-17(13)21/h4-10H,1-3H3,(H,25,27);2-8,25H,1H3,(H,24,27). The van der Waals surface area contributed by atoms with Crippen LogP contribution in [0.1, 0.15) is 54.1 Å². The van der Waals surface area contributed by atoms with Crippen molar-refractivity contribution in [2.24, 2.45) is 0 Å². The number of alkyl halides is 2. The monoisotopic (exact) mass is 832 g/mol. The second-order valence-corrected chi connectivity index (χ2v) is 16.6. The highest BCUT2D eigenvalue weighted by Crippen LogP contribution is 2.53. The third-order valence-electron chi connectivity index (χ3n) is 9.91. The topological polar surface area (TPSA) is 113 Å². The predicted octanol–water partition coefficient (Wildman–Crippen LogP) is 11.2. The minimum atomic E-state index is -2.95. The van der Waals surface area contributed by atoms with Crippen LogP contribution in [0.5, 0.6) is 5.75 Å². The van der Waals surface area contributed by atoms with Crippen LogP contribution in [0.25, 0.3) is 22.3 Å². The molecule has 2 atom stereocenters. The van der Waals surface area contributed by atoms with E-state index in [4.69, 9.17) is 23.2 Å². The van der Waals surface area contributed by atoms with E-state index in [-0.39, 0.29) is 53.3 Å².